The van der Waals surface area contributed by atoms with E-state index in [2.05, 4.69) is 33.1 Å². The van der Waals surface area contributed by atoms with E-state index in [0.717, 1.165) is 22.0 Å². The molecule has 0 amide bonds. The zero-order chi connectivity index (χ0) is 12.3. The molecule has 1 heterocycles. The number of alkyl halides is 1. The molecule has 0 aliphatic rings. The molecule has 0 saturated heterocycles. The van der Waals surface area contributed by atoms with Crippen molar-refractivity contribution in [1.82, 2.24) is 10.2 Å². The van der Waals surface area contributed by atoms with Gasteiger partial charge in [0.15, 0.2) is 0 Å². The number of rotatable bonds is 4. The van der Waals surface area contributed by atoms with Crippen LogP contribution in [0.3, 0.4) is 0 Å². The first-order valence-electron chi connectivity index (χ1n) is 5.40. The average Bonchev–Trinajstić information content (AvgIpc) is 2.80. The summed E-state index contributed by atoms with van der Waals surface area (Å²) in [7, 11) is 0. The predicted molar refractivity (Wildman–Crippen MR) is 71.1 cm³/mol. The molecular weight excluding hydrogens is 303 g/mol. The third kappa shape index (κ3) is 3.33. The standard InChI is InChI=1S/C12H12BrFN2S/c1-2-10(13)12-16-15-11(17-12)7-8-3-5-9(14)6-4-8/h3-6,10H,2,7H2,1H3. The summed E-state index contributed by atoms with van der Waals surface area (Å²) in [6, 6.07) is 6.50. The molecule has 5 heteroatoms. The van der Waals surface area contributed by atoms with Gasteiger partial charge in [-0.25, -0.2) is 4.39 Å². The Bertz CT molecular complexity index is 484. The summed E-state index contributed by atoms with van der Waals surface area (Å²) < 4.78 is 12.7. The zero-order valence-corrected chi connectivity index (χ0v) is 11.8. The molecule has 0 aliphatic carbocycles. The van der Waals surface area contributed by atoms with Crippen LogP contribution in [-0.4, -0.2) is 10.2 Å². The van der Waals surface area contributed by atoms with Crippen molar-refractivity contribution in [2.45, 2.75) is 24.6 Å². The van der Waals surface area contributed by atoms with Crippen molar-refractivity contribution in [2.75, 3.05) is 0 Å². The SMILES string of the molecule is CCC(Br)c1nnc(Cc2ccc(F)cc2)s1. The lowest BCUT2D eigenvalue weighted by atomic mass is 10.2. The molecule has 1 unspecified atom stereocenters. The lowest BCUT2D eigenvalue weighted by Crippen LogP contribution is -1.87. The second-order valence-electron chi connectivity index (χ2n) is 3.71. The first kappa shape index (κ1) is 12.6. The number of hydrogen-bond acceptors (Lipinski definition) is 3. The average molecular weight is 315 g/mol. The lowest BCUT2D eigenvalue weighted by molar-refractivity contribution is 0.627. The molecule has 2 rings (SSSR count). The Hall–Kier alpha value is -0.810. The summed E-state index contributed by atoms with van der Waals surface area (Å²) in [4.78, 5) is 0.280. The summed E-state index contributed by atoms with van der Waals surface area (Å²) in [5, 5.41) is 10.3. The fourth-order valence-corrected chi connectivity index (χ4v) is 2.73. The molecule has 90 valence electrons. The van der Waals surface area contributed by atoms with Gasteiger partial charge in [0, 0.05) is 6.42 Å². The number of hydrogen-bond donors (Lipinski definition) is 0. The van der Waals surface area contributed by atoms with E-state index in [1.807, 2.05) is 0 Å². The highest BCUT2D eigenvalue weighted by Gasteiger charge is 2.11. The molecule has 0 aliphatic heterocycles. The summed E-state index contributed by atoms with van der Waals surface area (Å²) in [6.45, 7) is 2.10. The van der Waals surface area contributed by atoms with Crippen LogP contribution in [0.2, 0.25) is 0 Å². The number of halogens is 2. The van der Waals surface area contributed by atoms with Gasteiger partial charge in [0.1, 0.15) is 15.8 Å². The first-order valence-corrected chi connectivity index (χ1v) is 7.13. The van der Waals surface area contributed by atoms with Crippen molar-refractivity contribution < 1.29 is 4.39 Å². The van der Waals surface area contributed by atoms with Crippen LogP contribution >= 0.6 is 27.3 Å². The molecule has 0 spiro atoms. The van der Waals surface area contributed by atoms with E-state index in [0.29, 0.717) is 6.42 Å². The van der Waals surface area contributed by atoms with Crippen molar-refractivity contribution in [3.05, 3.63) is 45.7 Å². The molecule has 0 saturated carbocycles. The van der Waals surface area contributed by atoms with E-state index in [9.17, 15) is 4.39 Å². The monoisotopic (exact) mass is 314 g/mol. The van der Waals surface area contributed by atoms with Crippen molar-refractivity contribution in [1.29, 1.82) is 0 Å². The minimum Gasteiger partial charge on any atom is -0.207 e. The fourth-order valence-electron chi connectivity index (χ4n) is 1.42. The maximum Gasteiger partial charge on any atom is 0.131 e. The Balaban J connectivity index is 2.08. The predicted octanol–water partition coefficient (Wildman–Crippen LogP) is 4.11. The number of benzene rings is 1. The maximum absolute atomic E-state index is 12.7. The van der Waals surface area contributed by atoms with Crippen molar-refractivity contribution in [2.24, 2.45) is 0 Å². The summed E-state index contributed by atoms with van der Waals surface area (Å²) in [6.07, 6.45) is 1.70. The van der Waals surface area contributed by atoms with Gasteiger partial charge in [-0.15, -0.1) is 10.2 Å². The van der Waals surface area contributed by atoms with Crippen LogP contribution in [0.15, 0.2) is 24.3 Å². The zero-order valence-electron chi connectivity index (χ0n) is 9.36. The largest absolute Gasteiger partial charge is 0.207 e. The highest BCUT2D eigenvalue weighted by molar-refractivity contribution is 9.09. The second-order valence-corrected chi connectivity index (χ2v) is 5.91. The quantitative estimate of drug-likeness (QED) is 0.793. The highest BCUT2D eigenvalue weighted by atomic mass is 79.9. The van der Waals surface area contributed by atoms with E-state index in [4.69, 9.17) is 0 Å². The second kappa shape index (κ2) is 5.69. The Morgan fingerprint density at radius 3 is 2.65 bits per heavy atom. The molecule has 0 radical (unpaired) electrons. The van der Waals surface area contributed by atoms with E-state index >= 15 is 0 Å². The van der Waals surface area contributed by atoms with Crippen molar-refractivity contribution in [3.8, 4) is 0 Å². The van der Waals surface area contributed by atoms with Gasteiger partial charge in [-0.05, 0) is 24.1 Å². The molecule has 2 aromatic rings. The van der Waals surface area contributed by atoms with E-state index in [-0.39, 0.29) is 10.6 Å². The van der Waals surface area contributed by atoms with Gasteiger partial charge in [0.05, 0.1) is 4.83 Å². The first-order chi connectivity index (χ1) is 8.19. The Labute approximate surface area is 112 Å². The van der Waals surface area contributed by atoms with Crippen LogP contribution in [-0.2, 0) is 6.42 Å². The van der Waals surface area contributed by atoms with Crippen molar-refractivity contribution >= 4 is 27.3 Å². The number of nitrogens with zero attached hydrogens (tertiary/aromatic N) is 2. The van der Waals surface area contributed by atoms with Gasteiger partial charge in [-0.1, -0.05) is 46.3 Å². The minimum atomic E-state index is -0.210. The maximum atomic E-state index is 12.7. The van der Waals surface area contributed by atoms with Crippen LogP contribution in [0.1, 0.15) is 33.8 Å². The molecule has 0 N–H and O–H groups in total. The van der Waals surface area contributed by atoms with Gasteiger partial charge in [0.25, 0.3) is 0 Å². The fraction of sp³-hybridized carbons (Fsp3) is 0.333. The van der Waals surface area contributed by atoms with Gasteiger partial charge in [-0.2, -0.15) is 0 Å². The summed E-state index contributed by atoms with van der Waals surface area (Å²) in [5.74, 6) is -0.210. The van der Waals surface area contributed by atoms with Crippen LogP contribution in [0.25, 0.3) is 0 Å². The van der Waals surface area contributed by atoms with Crippen molar-refractivity contribution in [3.63, 3.8) is 0 Å². The smallest absolute Gasteiger partial charge is 0.131 e. The number of aromatic nitrogens is 2. The lowest BCUT2D eigenvalue weighted by Gasteiger charge is -1.98. The van der Waals surface area contributed by atoms with Crippen LogP contribution in [0.4, 0.5) is 4.39 Å². The van der Waals surface area contributed by atoms with Gasteiger partial charge < -0.3 is 0 Å². The molecule has 0 bridgehead atoms. The van der Waals surface area contributed by atoms with Crippen LogP contribution in [0.5, 0.6) is 0 Å². The van der Waals surface area contributed by atoms with Gasteiger partial charge >= 0.3 is 0 Å². The van der Waals surface area contributed by atoms with Crippen LogP contribution in [0, 0.1) is 5.82 Å². The molecule has 1 atom stereocenters. The summed E-state index contributed by atoms with van der Waals surface area (Å²) in [5.41, 5.74) is 1.05. The molecule has 2 nitrogen and oxygen atoms in total. The van der Waals surface area contributed by atoms with E-state index in [1.165, 1.54) is 12.1 Å². The molecular formula is C12H12BrFN2S. The Kier molecular flexibility index (Phi) is 4.23. The van der Waals surface area contributed by atoms with E-state index < -0.39 is 0 Å². The van der Waals surface area contributed by atoms with Crippen LogP contribution < -0.4 is 0 Å². The topological polar surface area (TPSA) is 25.8 Å². The minimum absolute atomic E-state index is 0.210. The Morgan fingerprint density at radius 2 is 2.00 bits per heavy atom. The third-order valence-electron chi connectivity index (χ3n) is 2.38. The Morgan fingerprint density at radius 1 is 1.29 bits per heavy atom. The third-order valence-corrected chi connectivity index (χ3v) is 4.80. The molecule has 1 aromatic heterocycles. The molecule has 1 aromatic carbocycles. The molecule has 17 heavy (non-hydrogen) atoms. The molecule has 0 fully saturated rings. The van der Waals surface area contributed by atoms with Gasteiger partial charge in [-0.3, -0.25) is 0 Å². The van der Waals surface area contributed by atoms with Gasteiger partial charge in [0.2, 0.25) is 0 Å². The van der Waals surface area contributed by atoms with E-state index in [1.54, 1.807) is 23.5 Å². The summed E-state index contributed by atoms with van der Waals surface area (Å²) >= 11 is 5.15. The normalized spacial score (nSPS) is 12.6. The highest BCUT2D eigenvalue weighted by Crippen LogP contribution is 2.29.